The Bertz CT molecular complexity index is 123. The number of rotatable bonds is 0. The van der Waals surface area contributed by atoms with E-state index in [4.69, 9.17) is 46.0 Å². The van der Waals surface area contributed by atoms with Gasteiger partial charge in [0, 0.05) is 0 Å². The molecule has 0 saturated carbocycles. The Morgan fingerprint density at radius 3 is 0.600 bits per heavy atom. The van der Waals surface area contributed by atoms with E-state index in [1.54, 1.807) is 0 Å². The molecule has 0 aliphatic carbocycles. The fourth-order valence-electron chi connectivity index (χ4n) is 0. The first-order chi connectivity index (χ1) is 5.20. The van der Waals surface area contributed by atoms with Gasteiger partial charge >= 0.3 is 66.6 Å². The largest absolute Gasteiger partial charge is 4.00 e. The molecular weight excluding hydrogens is 329 g/mol. The van der Waals surface area contributed by atoms with Gasteiger partial charge in [0.2, 0.25) is 0 Å². The first-order valence-corrected chi connectivity index (χ1v) is 1.64. The average molecular weight is 329 g/mol. The van der Waals surface area contributed by atoms with E-state index in [0.717, 1.165) is 0 Å². The van der Waals surface area contributed by atoms with Crippen LogP contribution in [0.5, 0.6) is 0 Å². The van der Waals surface area contributed by atoms with Crippen LogP contribution < -0.4 is 0 Å². The van der Waals surface area contributed by atoms with Crippen LogP contribution in [0.15, 0.2) is 0 Å². The summed E-state index contributed by atoms with van der Waals surface area (Å²) in [7, 11) is 0. The molecule has 12 nitrogen and oxygen atoms in total. The SMILES string of the molecule is O=[N+]([O-])[O-].O=[N+]([O-])[O-].O=[N+]([O-])[O-].[Al+3].[Mg+2].[Zr+4]. The van der Waals surface area contributed by atoms with Gasteiger partial charge in [0.25, 0.3) is 0 Å². The summed E-state index contributed by atoms with van der Waals surface area (Å²) in [4.78, 5) is 24.8. The van der Waals surface area contributed by atoms with Crippen LogP contribution in [0.25, 0.3) is 0 Å². The maximum absolute atomic E-state index is 8.25. The Morgan fingerprint density at radius 2 is 0.600 bits per heavy atom. The van der Waals surface area contributed by atoms with Gasteiger partial charge in [-0.1, -0.05) is 0 Å². The number of hydrogen-bond donors (Lipinski definition) is 0. The van der Waals surface area contributed by atoms with Crippen LogP contribution in [0.4, 0.5) is 0 Å². The van der Waals surface area contributed by atoms with E-state index in [1.807, 2.05) is 0 Å². The number of nitrogens with zero attached hydrogens (tertiary/aromatic N) is 3. The monoisotopic (exact) mass is 327 g/mol. The minimum absolute atomic E-state index is 0. The molecule has 0 aromatic carbocycles. The second-order valence-electron chi connectivity index (χ2n) is 0.671. The molecule has 15 heavy (non-hydrogen) atoms. The van der Waals surface area contributed by atoms with Gasteiger partial charge in [-0.15, -0.1) is 0 Å². The second kappa shape index (κ2) is 29.2. The molecule has 0 spiro atoms. The summed E-state index contributed by atoms with van der Waals surface area (Å²) in [6.07, 6.45) is 0. The summed E-state index contributed by atoms with van der Waals surface area (Å²) >= 11 is 0. The summed E-state index contributed by atoms with van der Waals surface area (Å²) in [6.45, 7) is 0. The Labute approximate surface area is 127 Å². The third kappa shape index (κ3) is 40200. The summed E-state index contributed by atoms with van der Waals surface area (Å²) in [5.41, 5.74) is 0. The standard InChI is InChI=1S/Al.Mg.3NO3.Zr/c;;3*2-1(3)4;/q+3;+2;3*-1;+4. The first kappa shape index (κ1) is 36.4. The Balaban J connectivity index is -0.0000000184. The molecule has 0 unspecified atom stereocenters. The molecule has 0 fully saturated rings. The van der Waals surface area contributed by atoms with E-state index in [2.05, 4.69) is 0 Å². The Kier molecular flexibility index (Phi) is 70.9. The van der Waals surface area contributed by atoms with Crippen molar-refractivity contribution in [1.29, 1.82) is 0 Å². The molecule has 0 aromatic rings. The second-order valence-corrected chi connectivity index (χ2v) is 0.671. The van der Waals surface area contributed by atoms with Gasteiger partial charge in [0.05, 0.1) is 15.3 Å². The molecule has 0 rings (SSSR count). The van der Waals surface area contributed by atoms with E-state index in [-0.39, 0.29) is 66.6 Å². The van der Waals surface area contributed by atoms with Gasteiger partial charge in [-0.05, 0) is 0 Å². The van der Waals surface area contributed by atoms with Crippen molar-refractivity contribution < 1.29 is 41.5 Å². The molecule has 0 radical (unpaired) electrons. The smallest absolute Gasteiger partial charge is 0.356 e. The fourth-order valence-corrected chi connectivity index (χ4v) is 0. The molecule has 15 heteroatoms. The van der Waals surface area contributed by atoms with Crippen molar-refractivity contribution in [3.63, 3.8) is 0 Å². The van der Waals surface area contributed by atoms with E-state index in [0.29, 0.717) is 0 Å². The predicted octanol–water partition coefficient (Wildman–Crippen LogP) is -1.48. The molecule has 72 valence electrons. The van der Waals surface area contributed by atoms with Crippen molar-refractivity contribution in [2.45, 2.75) is 0 Å². The van der Waals surface area contributed by atoms with E-state index >= 15 is 0 Å². The minimum atomic E-state index is -1.75. The molecule has 0 aromatic heterocycles. The van der Waals surface area contributed by atoms with Crippen LogP contribution in [-0.2, 0) is 26.2 Å². The van der Waals surface area contributed by atoms with E-state index in [1.165, 1.54) is 0 Å². The minimum Gasteiger partial charge on any atom is -0.356 e. The van der Waals surface area contributed by atoms with Crippen LogP contribution >= 0.6 is 0 Å². The molecule has 0 heterocycles. The van der Waals surface area contributed by atoms with Crippen molar-refractivity contribution in [2.75, 3.05) is 0 Å². The quantitative estimate of drug-likeness (QED) is 0.289. The number of hydrogen-bond acceptors (Lipinski definition) is 9. The first-order valence-electron chi connectivity index (χ1n) is 1.64. The summed E-state index contributed by atoms with van der Waals surface area (Å²) in [5.74, 6) is 0. The summed E-state index contributed by atoms with van der Waals surface area (Å²) < 4.78 is 0. The van der Waals surface area contributed by atoms with Crippen molar-refractivity contribution in [3.05, 3.63) is 46.0 Å². The Morgan fingerprint density at radius 1 is 0.600 bits per heavy atom. The summed E-state index contributed by atoms with van der Waals surface area (Å²) in [6, 6.07) is 0. The zero-order chi connectivity index (χ0) is 10.7. The maximum atomic E-state index is 8.25. The van der Waals surface area contributed by atoms with Gasteiger partial charge in [-0.25, -0.2) is 0 Å². The van der Waals surface area contributed by atoms with Crippen molar-refractivity contribution in [3.8, 4) is 0 Å². The van der Waals surface area contributed by atoms with Gasteiger partial charge in [-0.3, -0.25) is 0 Å². The van der Waals surface area contributed by atoms with Crippen molar-refractivity contribution in [1.82, 2.24) is 0 Å². The van der Waals surface area contributed by atoms with Gasteiger partial charge in [0.1, 0.15) is 0 Å². The maximum Gasteiger partial charge on any atom is 4.00 e. The van der Waals surface area contributed by atoms with Crippen molar-refractivity contribution in [2.24, 2.45) is 0 Å². The zero-order valence-electron chi connectivity index (χ0n) is 6.80. The molecule has 0 aliphatic heterocycles. The van der Waals surface area contributed by atoms with Gasteiger partial charge in [0.15, 0.2) is 0 Å². The van der Waals surface area contributed by atoms with Crippen LogP contribution in [0, 0.1) is 46.0 Å². The zero-order valence-corrected chi connectivity index (χ0v) is 11.8. The van der Waals surface area contributed by atoms with Crippen LogP contribution in [0.1, 0.15) is 0 Å². The van der Waals surface area contributed by atoms with Crippen LogP contribution in [-0.4, -0.2) is 55.7 Å². The van der Waals surface area contributed by atoms with Crippen molar-refractivity contribution >= 4 is 40.4 Å². The molecule has 0 aliphatic rings. The Hall–Kier alpha value is -0.218. The molecule has 0 atom stereocenters. The van der Waals surface area contributed by atoms with E-state index < -0.39 is 15.3 Å². The molecular formula is AlMgN3O9Zr+6. The van der Waals surface area contributed by atoms with Gasteiger partial charge < -0.3 is 46.0 Å². The third-order valence-electron chi connectivity index (χ3n) is 0. The molecule has 0 bridgehead atoms. The molecule has 0 amide bonds. The normalized spacial score (nSPS) is 4.80. The van der Waals surface area contributed by atoms with Crippen LogP contribution in [0.2, 0.25) is 0 Å². The molecule has 0 N–H and O–H groups in total. The molecule has 0 saturated heterocycles. The topological polar surface area (TPSA) is 199 Å². The van der Waals surface area contributed by atoms with Crippen LogP contribution in [0.3, 0.4) is 0 Å². The third-order valence-corrected chi connectivity index (χ3v) is 0. The fraction of sp³-hybridized carbons (Fsp3) is 0. The summed E-state index contributed by atoms with van der Waals surface area (Å²) in [5, 5.41) is 44.2. The van der Waals surface area contributed by atoms with E-state index in [9.17, 15) is 0 Å². The predicted molar refractivity (Wildman–Crippen MR) is 42.6 cm³/mol. The van der Waals surface area contributed by atoms with Gasteiger partial charge in [-0.2, -0.15) is 0 Å². The average Bonchev–Trinajstić information content (AvgIpc) is 1.54.